The first kappa shape index (κ1) is 8.06. The van der Waals surface area contributed by atoms with Crippen molar-refractivity contribution in [3.63, 3.8) is 0 Å². The van der Waals surface area contributed by atoms with Crippen LogP contribution in [0.15, 0.2) is 0 Å². The lowest BCUT2D eigenvalue weighted by Crippen LogP contribution is -2.20. The topological polar surface area (TPSA) is 9.23 Å². The summed E-state index contributed by atoms with van der Waals surface area (Å²) in [5.41, 5.74) is 0. The van der Waals surface area contributed by atoms with Gasteiger partial charge in [0.25, 0.3) is 0 Å². The van der Waals surface area contributed by atoms with E-state index in [1.165, 1.54) is 6.42 Å². The molecular formula is C9H18O. The molecule has 0 spiro atoms. The van der Waals surface area contributed by atoms with Crippen LogP contribution in [0.25, 0.3) is 0 Å². The van der Waals surface area contributed by atoms with E-state index < -0.39 is 0 Å². The van der Waals surface area contributed by atoms with E-state index in [0.717, 1.165) is 5.92 Å². The van der Waals surface area contributed by atoms with Gasteiger partial charge in [0.05, 0.1) is 12.2 Å². The predicted molar refractivity (Wildman–Crippen MR) is 43.0 cm³/mol. The predicted octanol–water partition coefficient (Wildman–Crippen LogP) is 2.46. The molecule has 1 rings (SSSR count). The third kappa shape index (κ3) is 1.51. The highest BCUT2D eigenvalue weighted by Crippen LogP contribution is 2.30. The van der Waals surface area contributed by atoms with Crippen LogP contribution in [0.5, 0.6) is 0 Å². The third-order valence-electron chi connectivity index (χ3n) is 2.31. The maximum absolute atomic E-state index is 5.73. The number of hydrogen-bond acceptors (Lipinski definition) is 1. The molecule has 0 amide bonds. The fraction of sp³-hybridized carbons (Fsp3) is 1.00. The van der Waals surface area contributed by atoms with Gasteiger partial charge in [-0.3, -0.25) is 0 Å². The van der Waals surface area contributed by atoms with Crippen molar-refractivity contribution in [2.45, 2.75) is 46.3 Å². The zero-order valence-electron chi connectivity index (χ0n) is 7.42. The molecule has 0 bridgehead atoms. The van der Waals surface area contributed by atoms with Crippen molar-refractivity contribution < 1.29 is 4.74 Å². The molecule has 0 aromatic rings. The summed E-state index contributed by atoms with van der Waals surface area (Å²) in [5.74, 6) is 1.44. The van der Waals surface area contributed by atoms with E-state index in [9.17, 15) is 0 Å². The SMILES string of the molecule is CC(C)[C@@H]1O[C@@H](C)C[C@H]1C. The molecule has 1 heterocycles. The number of ether oxygens (including phenoxy) is 1. The molecule has 3 atom stereocenters. The smallest absolute Gasteiger partial charge is 0.0628 e. The van der Waals surface area contributed by atoms with Gasteiger partial charge in [0.15, 0.2) is 0 Å². The van der Waals surface area contributed by atoms with Gasteiger partial charge in [0.2, 0.25) is 0 Å². The van der Waals surface area contributed by atoms with E-state index in [1.807, 2.05) is 0 Å². The first-order chi connectivity index (χ1) is 4.61. The van der Waals surface area contributed by atoms with E-state index in [1.54, 1.807) is 0 Å². The minimum absolute atomic E-state index is 0.488. The Bertz CT molecular complexity index is 109. The highest BCUT2D eigenvalue weighted by atomic mass is 16.5. The van der Waals surface area contributed by atoms with Gasteiger partial charge in [-0.2, -0.15) is 0 Å². The average molecular weight is 142 g/mol. The van der Waals surface area contributed by atoms with Crippen LogP contribution in [0, 0.1) is 11.8 Å². The van der Waals surface area contributed by atoms with Crippen molar-refractivity contribution in [1.82, 2.24) is 0 Å². The van der Waals surface area contributed by atoms with Crippen LogP contribution in [-0.4, -0.2) is 12.2 Å². The van der Waals surface area contributed by atoms with Gasteiger partial charge < -0.3 is 4.74 Å². The molecule has 0 aliphatic carbocycles. The summed E-state index contributed by atoms with van der Waals surface area (Å²) < 4.78 is 5.73. The molecule has 1 fully saturated rings. The summed E-state index contributed by atoms with van der Waals surface area (Å²) in [6, 6.07) is 0. The minimum atomic E-state index is 0.488. The molecule has 1 aliphatic rings. The minimum Gasteiger partial charge on any atom is -0.375 e. The van der Waals surface area contributed by atoms with Crippen LogP contribution in [0.2, 0.25) is 0 Å². The van der Waals surface area contributed by atoms with E-state index >= 15 is 0 Å². The summed E-state index contributed by atoms with van der Waals surface area (Å²) in [6.45, 7) is 8.92. The first-order valence-electron chi connectivity index (χ1n) is 4.26. The second-order valence-electron chi connectivity index (χ2n) is 3.87. The average Bonchev–Trinajstić information content (AvgIpc) is 2.10. The lowest BCUT2D eigenvalue weighted by Gasteiger charge is -2.18. The Labute approximate surface area is 63.8 Å². The van der Waals surface area contributed by atoms with E-state index in [2.05, 4.69) is 27.7 Å². The molecule has 1 heteroatoms. The zero-order chi connectivity index (χ0) is 7.72. The van der Waals surface area contributed by atoms with E-state index in [-0.39, 0.29) is 0 Å². The largest absolute Gasteiger partial charge is 0.375 e. The molecule has 1 aliphatic heterocycles. The molecule has 0 unspecified atom stereocenters. The van der Waals surface area contributed by atoms with Crippen LogP contribution in [-0.2, 0) is 4.74 Å². The molecule has 1 nitrogen and oxygen atoms in total. The fourth-order valence-corrected chi connectivity index (χ4v) is 1.93. The normalized spacial score (nSPS) is 41.1. The van der Waals surface area contributed by atoms with Gasteiger partial charge in [0, 0.05) is 0 Å². The van der Waals surface area contributed by atoms with Crippen molar-refractivity contribution in [2.75, 3.05) is 0 Å². The van der Waals surface area contributed by atoms with Crippen LogP contribution in [0.3, 0.4) is 0 Å². The summed E-state index contributed by atoms with van der Waals surface area (Å²) in [6.07, 6.45) is 2.24. The monoisotopic (exact) mass is 142 g/mol. The van der Waals surface area contributed by atoms with Crippen molar-refractivity contribution in [1.29, 1.82) is 0 Å². The molecule has 0 aromatic carbocycles. The highest BCUT2D eigenvalue weighted by Gasteiger charge is 2.31. The van der Waals surface area contributed by atoms with Crippen LogP contribution in [0.4, 0.5) is 0 Å². The molecule has 10 heavy (non-hydrogen) atoms. The Balaban J connectivity index is 2.46. The fourth-order valence-electron chi connectivity index (χ4n) is 1.93. The Morgan fingerprint density at radius 2 is 1.90 bits per heavy atom. The van der Waals surface area contributed by atoms with E-state index in [0.29, 0.717) is 18.1 Å². The number of rotatable bonds is 1. The van der Waals surface area contributed by atoms with E-state index in [4.69, 9.17) is 4.74 Å². The Morgan fingerprint density at radius 3 is 2.10 bits per heavy atom. The second kappa shape index (κ2) is 2.91. The van der Waals surface area contributed by atoms with Crippen LogP contribution in [0.1, 0.15) is 34.1 Å². The quantitative estimate of drug-likeness (QED) is 0.546. The summed E-state index contributed by atoms with van der Waals surface area (Å²) in [4.78, 5) is 0. The molecule has 0 saturated carbocycles. The summed E-state index contributed by atoms with van der Waals surface area (Å²) in [7, 11) is 0. The molecule has 0 N–H and O–H groups in total. The summed E-state index contributed by atoms with van der Waals surface area (Å²) in [5, 5.41) is 0. The molecular weight excluding hydrogens is 124 g/mol. The van der Waals surface area contributed by atoms with Crippen molar-refractivity contribution in [2.24, 2.45) is 11.8 Å². The summed E-state index contributed by atoms with van der Waals surface area (Å²) >= 11 is 0. The molecule has 1 saturated heterocycles. The Kier molecular flexibility index (Phi) is 2.35. The first-order valence-corrected chi connectivity index (χ1v) is 4.26. The standard InChI is InChI=1S/C9H18O/c1-6(2)9-7(3)5-8(4)10-9/h6-9H,5H2,1-4H3/t7-,8+,9+/m1/s1. The number of hydrogen-bond donors (Lipinski definition) is 0. The van der Waals surface area contributed by atoms with Gasteiger partial charge in [-0.1, -0.05) is 20.8 Å². The van der Waals surface area contributed by atoms with Gasteiger partial charge in [-0.05, 0) is 25.2 Å². The van der Waals surface area contributed by atoms with Crippen molar-refractivity contribution in [3.8, 4) is 0 Å². The lowest BCUT2D eigenvalue weighted by atomic mass is 9.94. The van der Waals surface area contributed by atoms with Crippen molar-refractivity contribution >= 4 is 0 Å². The lowest BCUT2D eigenvalue weighted by molar-refractivity contribution is 0.0172. The van der Waals surface area contributed by atoms with Gasteiger partial charge in [0.1, 0.15) is 0 Å². The zero-order valence-corrected chi connectivity index (χ0v) is 7.42. The molecule has 0 aromatic heterocycles. The van der Waals surface area contributed by atoms with Gasteiger partial charge in [-0.15, -0.1) is 0 Å². The van der Waals surface area contributed by atoms with Crippen LogP contribution >= 0.6 is 0 Å². The van der Waals surface area contributed by atoms with Gasteiger partial charge >= 0.3 is 0 Å². The Morgan fingerprint density at radius 1 is 1.30 bits per heavy atom. The van der Waals surface area contributed by atoms with Gasteiger partial charge in [-0.25, -0.2) is 0 Å². The van der Waals surface area contributed by atoms with Crippen molar-refractivity contribution in [3.05, 3.63) is 0 Å². The highest BCUT2D eigenvalue weighted by molar-refractivity contribution is 4.79. The van der Waals surface area contributed by atoms with Crippen LogP contribution < -0.4 is 0 Å². The maximum Gasteiger partial charge on any atom is 0.0628 e. The molecule has 60 valence electrons. The maximum atomic E-state index is 5.73. The Hall–Kier alpha value is -0.0400. The molecule has 0 radical (unpaired) electrons. The third-order valence-corrected chi connectivity index (χ3v) is 2.31. The second-order valence-corrected chi connectivity index (χ2v) is 3.87.